The van der Waals surface area contributed by atoms with E-state index in [1.807, 2.05) is 18.2 Å². The van der Waals surface area contributed by atoms with E-state index in [1.165, 1.54) is 19.3 Å². The van der Waals surface area contributed by atoms with Gasteiger partial charge in [-0.3, -0.25) is 4.79 Å². The molecule has 1 aliphatic carbocycles. The van der Waals surface area contributed by atoms with E-state index in [4.69, 9.17) is 9.47 Å². The first-order chi connectivity index (χ1) is 14.1. The van der Waals surface area contributed by atoms with Gasteiger partial charge < -0.3 is 20.1 Å². The number of anilines is 1. The number of aromatic nitrogens is 2. The summed E-state index contributed by atoms with van der Waals surface area (Å²) < 4.78 is 10.6. The third-order valence-electron chi connectivity index (χ3n) is 5.18. The molecule has 156 valence electrons. The van der Waals surface area contributed by atoms with Crippen molar-refractivity contribution in [2.75, 3.05) is 26.1 Å². The van der Waals surface area contributed by atoms with Crippen molar-refractivity contribution in [1.29, 1.82) is 0 Å². The van der Waals surface area contributed by atoms with Gasteiger partial charge in [0.05, 0.1) is 14.2 Å². The summed E-state index contributed by atoms with van der Waals surface area (Å²) in [5.74, 6) is 2.54. The predicted molar refractivity (Wildman–Crippen MR) is 113 cm³/mol. The average Bonchev–Trinajstić information content (AvgIpc) is 2.74. The molecule has 3 rings (SSSR count). The zero-order valence-electron chi connectivity index (χ0n) is 17.5. The highest BCUT2D eigenvalue weighted by Crippen LogP contribution is 2.27. The van der Waals surface area contributed by atoms with Crippen molar-refractivity contribution in [3.05, 3.63) is 41.3 Å². The zero-order valence-corrected chi connectivity index (χ0v) is 17.5. The molecule has 1 aliphatic rings. The number of carbonyl (C=O) groups excluding carboxylic acids is 1. The number of aryl methyl sites for hydroxylation is 1. The van der Waals surface area contributed by atoms with E-state index in [1.54, 1.807) is 27.2 Å². The minimum absolute atomic E-state index is 0.120. The summed E-state index contributed by atoms with van der Waals surface area (Å²) in [7, 11) is 3.25. The summed E-state index contributed by atoms with van der Waals surface area (Å²) in [5.41, 5.74) is 1.54. The van der Waals surface area contributed by atoms with E-state index in [2.05, 4.69) is 20.6 Å². The lowest BCUT2D eigenvalue weighted by molar-refractivity contribution is 0.0922. The first kappa shape index (κ1) is 20.9. The lowest BCUT2D eigenvalue weighted by atomic mass is 9.95. The van der Waals surface area contributed by atoms with E-state index < -0.39 is 0 Å². The highest BCUT2D eigenvalue weighted by molar-refractivity contribution is 5.93. The van der Waals surface area contributed by atoms with Gasteiger partial charge in [0, 0.05) is 18.7 Å². The van der Waals surface area contributed by atoms with Gasteiger partial charge in [-0.05, 0) is 43.9 Å². The van der Waals surface area contributed by atoms with Gasteiger partial charge in [0.2, 0.25) is 0 Å². The van der Waals surface area contributed by atoms with Gasteiger partial charge in [0.25, 0.3) is 5.91 Å². The van der Waals surface area contributed by atoms with E-state index in [0.29, 0.717) is 35.4 Å². The molecule has 0 bridgehead atoms. The second-order valence-corrected chi connectivity index (χ2v) is 7.36. The number of nitrogens with zero attached hydrogens (tertiary/aromatic N) is 2. The van der Waals surface area contributed by atoms with Gasteiger partial charge in [0.1, 0.15) is 17.3 Å². The largest absolute Gasteiger partial charge is 0.493 e. The summed E-state index contributed by atoms with van der Waals surface area (Å²) in [4.78, 5) is 21.3. The molecule has 1 amide bonds. The van der Waals surface area contributed by atoms with E-state index in [9.17, 15) is 4.79 Å². The Morgan fingerprint density at radius 3 is 2.55 bits per heavy atom. The number of carbonyl (C=O) groups is 1. The molecule has 1 heterocycles. The molecule has 0 spiro atoms. The molecule has 0 saturated heterocycles. The molecule has 29 heavy (non-hydrogen) atoms. The third kappa shape index (κ3) is 5.82. The number of benzene rings is 1. The zero-order chi connectivity index (χ0) is 20.6. The number of hydrogen-bond acceptors (Lipinski definition) is 6. The second kappa shape index (κ2) is 10.1. The Kier molecular flexibility index (Phi) is 7.27. The van der Waals surface area contributed by atoms with Crippen LogP contribution >= 0.6 is 0 Å². The van der Waals surface area contributed by atoms with Crippen molar-refractivity contribution < 1.29 is 14.3 Å². The Morgan fingerprint density at radius 1 is 1.07 bits per heavy atom. The maximum Gasteiger partial charge on any atom is 0.270 e. The highest BCUT2D eigenvalue weighted by atomic mass is 16.5. The molecule has 0 unspecified atom stereocenters. The van der Waals surface area contributed by atoms with Crippen molar-refractivity contribution in [3.63, 3.8) is 0 Å². The first-order valence-electron chi connectivity index (χ1n) is 10.2. The molecular formula is C22H30N4O3. The summed E-state index contributed by atoms with van der Waals surface area (Å²) in [6.07, 6.45) is 6.49. The smallest absolute Gasteiger partial charge is 0.270 e. The van der Waals surface area contributed by atoms with Crippen LogP contribution in [0.25, 0.3) is 0 Å². The molecule has 1 aromatic heterocycles. The molecule has 7 nitrogen and oxygen atoms in total. The molecular weight excluding hydrogens is 368 g/mol. The second-order valence-electron chi connectivity index (χ2n) is 7.36. The minimum Gasteiger partial charge on any atom is -0.493 e. The number of hydrogen-bond donors (Lipinski definition) is 2. The first-order valence-corrected chi connectivity index (χ1v) is 10.2. The van der Waals surface area contributed by atoms with Crippen LogP contribution < -0.4 is 20.1 Å². The van der Waals surface area contributed by atoms with Crippen LogP contribution in [-0.2, 0) is 6.42 Å². The fourth-order valence-electron chi connectivity index (χ4n) is 3.65. The van der Waals surface area contributed by atoms with Crippen LogP contribution in [0, 0.1) is 6.92 Å². The average molecular weight is 399 g/mol. The topological polar surface area (TPSA) is 85.4 Å². The summed E-state index contributed by atoms with van der Waals surface area (Å²) >= 11 is 0. The van der Waals surface area contributed by atoms with E-state index >= 15 is 0 Å². The van der Waals surface area contributed by atoms with E-state index in [0.717, 1.165) is 24.8 Å². The van der Waals surface area contributed by atoms with Gasteiger partial charge in [-0.15, -0.1) is 0 Å². The van der Waals surface area contributed by atoms with Crippen molar-refractivity contribution in [2.45, 2.75) is 51.5 Å². The van der Waals surface area contributed by atoms with Crippen LogP contribution in [0.5, 0.6) is 11.5 Å². The van der Waals surface area contributed by atoms with Gasteiger partial charge in [-0.2, -0.15) is 0 Å². The number of nitrogens with one attached hydrogen (secondary N) is 2. The van der Waals surface area contributed by atoms with Crippen molar-refractivity contribution in [1.82, 2.24) is 15.3 Å². The SMILES string of the molecule is COc1ccc(CCNc2cc(C(=O)NC3CCCCC3)nc(C)n2)cc1OC. The molecule has 2 aromatic rings. The van der Waals surface area contributed by atoms with Crippen molar-refractivity contribution in [3.8, 4) is 11.5 Å². The molecule has 0 aliphatic heterocycles. The van der Waals surface area contributed by atoms with Crippen molar-refractivity contribution in [2.24, 2.45) is 0 Å². The van der Waals surface area contributed by atoms with Crippen LogP contribution in [0.2, 0.25) is 0 Å². The Balaban J connectivity index is 1.59. The molecule has 2 N–H and O–H groups in total. The van der Waals surface area contributed by atoms with Crippen LogP contribution in [0.1, 0.15) is 54.0 Å². The predicted octanol–water partition coefficient (Wildman–Crippen LogP) is 3.52. The highest BCUT2D eigenvalue weighted by Gasteiger charge is 2.18. The quantitative estimate of drug-likeness (QED) is 0.708. The summed E-state index contributed by atoms with van der Waals surface area (Å²) in [6, 6.07) is 7.86. The normalized spacial score (nSPS) is 14.3. The molecule has 0 atom stereocenters. The monoisotopic (exact) mass is 398 g/mol. The Bertz CT molecular complexity index is 835. The number of ether oxygens (including phenoxy) is 2. The third-order valence-corrected chi connectivity index (χ3v) is 5.18. The van der Waals surface area contributed by atoms with Gasteiger partial charge in [-0.25, -0.2) is 9.97 Å². The lowest BCUT2D eigenvalue weighted by Gasteiger charge is -2.22. The lowest BCUT2D eigenvalue weighted by Crippen LogP contribution is -2.36. The van der Waals surface area contributed by atoms with Crippen molar-refractivity contribution >= 4 is 11.7 Å². The number of methoxy groups -OCH3 is 2. The number of amides is 1. The molecule has 0 radical (unpaired) electrons. The summed E-state index contributed by atoms with van der Waals surface area (Å²) in [6.45, 7) is 2.48. The van der Waals surface area contributed by atoms with Gasteiger partial charge in [-0.1, -0.05) is 25.3 Å². The maximum absolute atomic E-state index is 12.6. The van der Waals surface area contributed by atoms with Gasteiger partial charge in [0.15, 0.2) is 11.5 Å². The fraction of sp³-hybridized carbons (Fsp3) is 0.500. The van der Waals surface area contributed by atoms with Crippen LogP contribution in [0.15, 0.2) is 24.3 Å². The van der Waals surface area contributed by atoms with E-state index in [-0.39, 0.29) is 11.9 Å². The minimum atomic E-state index is -0.120. The Morgan fingerprint density at radius 2 is 1.83 bits per heavy atom. The standard InChI is InChI=1S/C22H30N4O3/c1-15-24-18(22(27)26-17-7-5-4-6-8-17)14-21(25-15)23-12-11-16-9-10-19(28-2)20(13-16)29-3/h9-10,13-14,17H,4-8,11-12H2,1-3H3,(H,26,27)(H,23,24,25). The molecule has 1 fully saturated rings. The van der Waals surface area contributed by atoms with Crippen LogP contribution in [-0.4, -0.2) is 42.7 Å². The van der Waals surface area contributed by atoms with Crippen LogP contribution in [0.4, 0.5) is 5.82 Å². The Labute approximate surface area is 172 Å². The van der Waals surface area contributed by atoms with Gasteiger partial charge >= 0.3 is 0 Å². The fourth-order valence-corrected chi connectivity index (χ4v) is 3.65. The number of rotatable bonds is 8. The molecule has 1 saturated carbocycles. The van der Waals surface area contributed by atoms with Crippen LogP contribution in [0.3, 0.4) is 0 Å². The molecule has 7 heteroatoms. The molecule has 1 aromatic carbocycles. The maximum atomic E-state index is 12.6. The Hall–Kier alpha value is -2.83. The summed E-state index contributed by atoms with van der Waals surface area (Å²) in [5, 5.41) is 6.41.